The van der Waals surface area contributed by atoms with E-state index in [4.69, 9.17) is 0 Å². The zero-order chi connectivity index (χ0) is 21.1. The van der Waals surface area contributed by atoms with E-state index in [1.54, 1.807) is 41.2 Å². The molecular weight excluding hydrogens is 408 g/mol. The maximum absolute atomic E-state index is 12.6. The Hall–Kier alpha value is -4.06. The van der Waals surface area contributed by atoms with Gasteiger partial charge in [0.05, 0.1) is 28.1 Å². The topological polar surface area (TPSA) is 134 Å². The van der Waals surface area contributed by atoms with E-state index in [0.29, 0.717) is 27.8 Å². The number of benzene rings is 2. The van der Waals surface area contributed by atoms with Gasteiger partial charge in [0.1, 0.15) is 0 Å². The molecule has 11 nitrogen and oxygen atoms in total. The highest BCUT2D eigenvalue weighted by Crippen LogP contribution is 2.20. The second-order valence-corrected chi connectivity index (χ2v) is 6.80. The number of non-ortho nitro benzene ring substituents is 1. The van der Waals surface area contributed by atoms with Gasteiger partial charge in [-0.15, -0.1) is 5.10 Å². The Morgan fingerprint density at radius 2 is 1.97 bits per heavy atom. The van der Waals surface area contributed by atoms with Crippen LogP contribution in [0.2, 0.25) is 0 Å². The zero-order valence-electron chi connectivity index (χ0n) is 15.5. The summed E-state index contributed by atoms with van der Waals surface area (Å²) in [5.74, 6) is -0.345. The van der Waals surface area contributed by atoms with Crippen molar-refractivity contribution in [3.8, 4) is 11.4 Å². The van der Waals surface area contributed by atoms with Gasteiger partial charge in [-0.3, -0.25) is 14.9 Å². The summed E-state index contributed by atoms with van der Waals surface area (Å²) in [4.78, 5) is 22.9. The second kappa shape index (κ2) is 8.13. The second-order valence-electron chi connectivity index (χ2n) is 6.03. The minimum absolute atomic E-state index is 0.0176. The van der Waals surface area contributed by atoms with E-state index in [0.717, 1.165) is 0 Å². The molecule has 1 amide bonds. The van der Waals surface area contributed by atoms with Gasteiger partial charge in [0, 0.05) is 24.0 Å². The van der Waals surface area contributed by atoms with E-state index < -0.39 is 4.92 Å². The maximum atomic E-state index is 12.6. The molecule has 0 saturated carbocycles. The molecule has 4 rings (SSSR count). The largest absolute Gasteiger partial charge is 0.322 e. The molecule has 4 aromatic rings. The molecule has 0 atom stereocenters. The number of anilines is 1. The van der Waals surface area contributed by atoms with Gasteiger partial charge in [-0.2, -0.15) is 9.78 Å². The molecule has 0 aliphatic heterocycles. The summed E-state index contributed by atoms with van der Waals surface area (Å²) in [5.41, 5.74) is 2.21. The van der Waals surface area contributed by atoms with Crippen molar-refractivity contribution in [1.29, 1.82) is 0 Å². The Bertz CT molecular complexity index is 1220. The van der Waals surface area contributed by atoms with Gasteiger partial charge in [0.2, 0.25) is 5.16 Å². The molecule has 30 heavy (non-hydrogen) atoms. The number of nitro groups is 1. The minimum Gasteiger partial charge on any atom is -0.322 e. The van der Waals surface area contributed by atoms with Gasteiger partial charge >= 0.3 is 0 Å². The number of carbonyl (C=O) groups excluding carboxylic acids is 1. The average molecular weight is 422 g/mol. The molecule has 0 unspecified atom stereocenters. The molecular formula is C18H14N8O3S. The molecule has 12 heteroatoms. The minimum atomic E-state index is -0.475. The van der Waals surface area contributed by atoms with Crippen LogP contribution in [0.4, 0.5) is 11.4 Å². The zero-order valence-corrected chi connectivity index (χ0v) is 16.4. The summed E-state index contributed by atoms with van der Waals surface area (Å²) in [6, 6.07) is 13.0. The highest BCUT2D eigenvalue weighted by atomic mass is 32.2. The van der Waals surface area contributed by atoms with E-state index in [9.17, 15) is 14.9 Å². The summed E-state index contributed by atoms with van der Waals surface area (Å²) in [5, 5.41) is 29.9. The van der Waals surface area contributed by atoms with Crippen LogP contribution in [-0.2, 0) is 0 Å². The van der Waals surface area contributed by atoms with Crippen LogP contribution in [0.15, 0.2) is 66.1 Å². The first-order valence-electron chi connectivity index (χ1n) is 8.59. The summed E-state index contributed by atoms with van der Waals surface area (Å²) in [6.07, 6.45) is 4.84. The molecule has 2 heterocycles. The smallest absolute Gasteiger partial charge is 0.269 e. The Morgan fingerprint density at radius 1 is 1.17 bits per heavy atom. The van der Waals surface area contributed by atoms with Gasteiger partial charge < -0.3 is 5.32 Å². The van der Waals surface area contributed by atoms with E-state index in [-0.39, 0.29) is 11.6 Å². The van der Waals surface area contributed by atoms with Crippen LogP contribution in [0, 0.1) is 10.1 Å². The highest BCUT2D eigenvalue weighted by molar-refractivity contribution is 7.98. The molecule has 0 fully saturated rings. The number of hydrogen-bond donors (Lipinski definition) is 1. The lowest BCUT2D eigenvalue weighted by atomic mass is 10.2. The van der Waals surface area contributed by atoms with E-state index in [1.807, 2.05) is 12.3 Å². The lowest BCUT2D eigenvalue weighted by Crippen LogP contribution is -2.11. The number of tetrazole rings is 1. The van der Waals surface area contributed by atoms with Crippen molar-refractivity contribution in [2.45, 2.75) is 5.16 Å². The Kier molecular flexibility index (Phi) is 5.22. The number of amides is 1. The van der Waals surface area contributed by atoms with Gasteiger partial charge in [-0.1, -0.05) is 17.8 Å². The number of nitrogens with zero attached hydrogens (tertiary/aromatic N) is 7. The van der Waals surface area contributed by atoms with Crippen molar-refractivity contribution in [3.05, 3.63) is 76.6 Å². The predicted octanol–water partition coefficient (Wildman–Crippen LogP) is 2.73. The number of aromatic nitrogens is 6. The quantitative estimate of drug-likeness (QED) is 0.285. The number of nitrogens with one attached hydrogen (secondary N) is 1. The van der Waals surface area contributed by atoms with Gasteiger partial charge in [0.15, 0.2) is 0 Å². The fourth-order valence-electron chi connectivity index (χ4n) is 2.70. The first-order chi connectivity index (χ1) is 14.5. The molecule has 0 saturated heterocycles. The highest BCUT2D eigenvalue weighted by Gasteiger charge is 2.13. The third-order valence-corrected chi connectivity index (χ3v) is 4.76. The molecule has 150 valence electrons. The van der Waals surface area contributed by atoms with Crippen molar-refractivity contribution < 1.29 is 9.72 Å². The fraction of sp³-hybridized carbons (Fsp3) is 0.0556. The molecule has 2 aromatic carbocycles. The van der Waals surface area contributed by atoms with Crippen LogP contribution < -0.4 is 5.32 Å². The van der Waals surface area contributed by atoms with Crippen molar-refractivity contribution in [2.75, 3.05) is 11.6 Å². The van der Waals surface area contributed by atoms with Crippen LogP contribution in [-0.4, -0.2) is 47.1 Å². The summed E-state index contributed by atoms with van der Waals surface area (Å²) in [6.45, 7) is 0. The number of carbonyl (C=O) groups is 1. The molecule has 0 aliphatic rings. The molecule has 2 aromatic heterocycles. The third-order valence-electron chi connectivity index (χ3n) is 4.14. The molecule has 1 N–H and O–H groups in total. The number of nitro benzene ring substituents is 1. The van der Waals surface area contributed by atoms with Crippen LogP contribution in [0.1, 0.15) is 10.4 Å². The first kappa shape index (κ1) is 19.3. The SMILES string of the molecule is CSc1nnnn1-c1cccc(NC(=O)c2cnn(-c3ccc([N+](=O)[O-])cc3)c2)c1. The molecule has 0 radical (unpaired) electrons. The van der Waals surface area contributed by atoms with E-state index in [1.165, 1.54) is 34.8 Å². The van der Waals surface area contributed by atoms with Crippen LogP contribution in [0.25, 0.3) is 11.4 Å². The van der Waals surface area contributed by atoms with Gasteiger partial charge in [-0.05, 0) is 47.0 Å². The van der Waals surface area contributed by atoms with Crippen molar-refractivity contribution in [3.63, 3.8) is 0 Å². The average Bonchev–Trinajstić information content (AvgIpc) is 3.44. The lowest BCUT2D eigenvalue weighted by Gasteiger charge is -2.07. The summed E-state index contributed by atoms with van der Waals surface area (Å²) < 4.78 is 3.05. The summed E-state index contributed by atoms with van der Waals surface area (Å²) in [7, 11) is 0. The standard InChI is InChI=1S/C18H14N8O3S/c1-30-18-21-22-23-25(18)16-4-2-3-13(9-16)20-17(27)12-10-19-24(11-12)14-5-7-15(8-6-14)26(28)29/h2-11H,1H3,(H,20,27). The monoisotopic (exact) mass is 422 g/mol. The fourth-order valence-corrected chi connectivity index (χ4v) is 3.13. The Labute approximate surface area is 173 Å². The first-order valence-corrected chi connectivity index (χ1v) is 9.81. The maximum Gasteiger partial charge on any atom is 0.269 e. The van der Waals surface area contributed by atoms with Gasteiger partial charge in [-0.25, -0.2) is 4.68 Å². The molecule has 0 bridgehead atoms. The lowest BCUT2D eigenvalue weighted by molar-refractivity contribution is -0.384. The Balaban J connectivity index is 1.51. The predicted molar refractivity (Wildman–Crippen MR) is 109 cm³/mol. The summed E-state index contributed by atoms with van der Waals surface area (Å²) >= 11 is 1.41. The molecule has 0 aliphatic carbocycles. The van der Waals surface area contributed by atoms with Crippen LogP contribution >= 0.6 is 11.8 Å². The normalized spacial score (nSPS) is 10.7. The van der Waals surface area contributed by atoms with Crippen molar-refractivity contribution >= 4 is 29.0 Å². The Morgan fingerprint density at radius 3 is 2.70 bits per heavy atom. The van der Waals surface area contributed by atoms with E-state index >= 15 is 0 Å². The number of hydrogen-bond acceptors (Lipinski definition) is 8. The van der Waals surface area contributed by atoms with Crippen molar-refractivity contribution in [1.82, 2.24) is 30.0 Å². The van der Waals surface area contributed by atoms with Crippen LogP contribution in [0.3, 0.4) is 0 Å². The van der Waals surface area contributed by atoms with E-state index in [2.05, 4.69) is 25.9 Å². The molecule has 0 spiro atoms. The number of thioether (sulfide) groups is 1. The third kappa shape index (κ3) is 3.89. The van der Waals surface area contributed by atoms with Gasteiger partial charge in [0.25, 0.3) is 11.6 Å². The van der Waals surface area contributed by atoms with Crippen LogP contribution in [0.5, 0.6) is 0 Å². The van der Waals surface area contributed by atoms with Crippen molar-refractivity contribution in [2.24, 2.45) is 0 Å². The number of rotatable bonds is 6.